The maximum absolute atomic E-state index is 12.3. The van der Waals surface area contributed by atoms with Crippen molar-refractivity contribution in [1.29, 1.82) is 0 Å². The van der Waals surface area contributed by atoms with Crippen LogP contribution in [-0.4, -0.2) is 76.7 Å². The highest BCUT2D eigenvalue weighted by molar-refractivity contribution is 5.87. The van der Waals surface area contributed by atoms with E-state index in [0.717, 1.165) is 4.90 Å². The van der Waals surface area contributed by atoms with E-state index in [0.29, 0.717) is 13.0 Å². The second-order valence-electron chi connectivity index (χ2n) is 4.77. The molecule has 1 aliphatic rings. The first-order valence-corrected chi connectivity index (χ1v) is 6.57. The Morgan fingerprint density at radius 3 is 2.55 bits per heavy atom. The first kappa shape index (κ1) is 16.2. The van der Waals surface area contributed by atoms with Crippen molar-refractivity contribution in [3.05, 3.63) is 0 Å². The molecule has 1 aliphatic heterocycles. The second-order valence-corrected chi connectivity index (χ2v) is 4.77. The summed E-state index contributed by atoms with van der Waals surface area (Å²) < 4.78 is 0. The van der Waals surface area contributed by atoms with Crippen molar-refractivity contribution in [3.8, 4) is 0 Å². The Balaban J connectivity index is 2.82. The fraction of sp³-hybridized carbons (Fsp3) is 0.750. The summed E-state index contributed by atoms with van der Waals surface area (Å²) in [7, 11) is 1.47. The Hall–Kier alpha value is -1.83. The number of hydrogen-bond donors (Lipinski definition) is 3. The molecule has 2 unspecified atom stereocenters. The number of carboxylic acids is 1. The molecular weight excluding hydrogens is 266 g/mol. The Morgan fingerprint density at radius 1 is 1.40 bits per heavy atom. The van der Waals surface area contributed by atoms with Gasteiger partial charge in [0.1, 0.15) is 12.6 Å². The number of carbonyl (C=O) groups is 3. The number of carboxylic acid groups (broad SMARTS) is 1. The van der Waals surface area contributed by atoms with Crippen molar-refractivity contribution in [2.75, 3.05) is 26.7 Å². The molecule has 20 heavy (non-hydrogen) atoms. The van der Waals surface area contributed by atoms with E-state index in [1.807, 2.05) is 6.92 Å². The molecule has 1 heterocycles. The number of aliphatic hydroxyl groups excluding tert-OH is 1. The number of aliphatic carboxylic acids is 1. The predicted molar refractivity (Wildman–Crippen MR) is 70.1 cm³/mol. The standard InChI is InChI=1S/C12H21N3O5/c1-3-4-14(7-10(17)13-2)12(20)15-6-8(16)5-9(15)11(18)19/h8-9,16H,3-7H2,1-2H3,(H,13,17)(H,18,19). The van der Waals surface area contributed by atoms with Gasteiger partial charge in [0.15, 0.2) is 0 Å². The van der Waals surface area contributed by atoms with Crippen molar-refractivity contribution in [2.45, 2.75) is 31.9 Å². The zero-order valence-corrected chi connectivity index (χ0v) is 11.7. The molecule has 3 amide bonds. The van der Waals surface area contributed by atoms with Crippen LogP contribution in [0.1, 0.15) is 19.8 Å². The predicted octanol–water partition coefficient (Wildman–Crippen LogP) is -0.916. The van der Waals surface area contributed by atoms with Crippen LogP contribution in [0.5, 0.6) is 0 Å². The summed E-state index contributed by atoms with van der Waals surface area (Å²) >= 11 is 0. The van der Waals surface area contributed by atoms with Gasteiger partial charge in [0.2, 0.25) is 5.91 Å². The Morgan fingerprint density at radius 2 is 2.05 bits per heavy atom. The third-order valence-corrected chi connectivity index (χ3v) is 3.19. The zero-order valence-electron chi connectivity index (χ0n) is 11.7. The maximum Gasteiger partial charge on any atom is 0.326 e. The highest BCUT2D eigenvalue weighted by Gasteiger charge is 2.40. The fourth-order valence-corrected chi connectivity index (χ4v) is 2.21. The average Bonchev–Trinajstić information content (AvgIpc) is 2.79. The van der Waals surface area contributed by atoms with E-state index in [1.165, 1.54) is 11.9 Å². The van der Waals surface area contributed by atoms with Crippen molar-refractivity contribution in [3.63, 3.8) is 0 Å². The molecule has 0 aromatic rings. The molecule has 2 atom stereocenters. The number of urea groups is 1. The summed E-state index contributed by atoms with van der Waals surface area (Å²) in [5.74, 6) is -1.47. The van der Waals surface area contributed by atoms with E-state index in [2.05, 4.69) is 5.32 Å². The Bertz CT molecular complexity index is 387. The lowest BCUT2D eigenvalue weighted by Gasteiger charge is -2.29. The lowest BCUT2D eigenvalue weighted by Crippen LogP contribution is -2.50. The molecule has 1 saturated heterocycles. The number of nitrogens with one attached hydrogen (secondary N) is 1. The highest BCUT2D eigenvalue weighted by atomic mass is 16.4. The van der Waals surface area contributed by atoms with Crippen LogP contribution in [0, 0.1) is 0 Å². The van der Waals surface area contributed by atoms with E-state index >= 15 is 0 Å². The topological polar surface area (TPSA) is 110 Å². The summed E-state index contributed by atoms with van der Waals surface area (Å²) in [6.07, 6.45) is -0.179. The summed E-state index contributed by atoms with van der Waals surface area (Å²) in [5, 5.41) is 21.1. The van der Waals surface area contributed by atoms with E-state index in [1.54, 1.807) is 0 Å². The molecule has 1 rings (SSSR count). The number of hydrogen-bond acceptors (Lipinski definition) is 4. The van der Waals surface area contributed by atoms with E-state index in [9.17, 15) is 19.5 Å². The second kappa shape index (κ2) is 7.09. The summed E-state index contributed by atoms with van der Waals surface area (Å²) in [5.41, 5.74) is 0. The van der Waals surface area contributed by atoms with E-state index in [-0.39, 0.29) is 25.4 Å². The van der Waals surface area contributed by atoms with Gasteiger partial charge in [-0.05, 0) is 6.42 Å². The number of rotatable bonds is 5. The van der Waals surface area contributed by atoms with E-state index in [4.69, 9.17) is 5.11 Å². The largest absolute Gasteiger partial charge is 0.480 e. The molecule has 8 nitrogen and oxygen atoms in total. The first-order valence-electron chi connectivity index (χ1n) is 6.57. The SMILES string of the molecule is CCCN(CC(=O)NC)C(=O)N1CC(O)CC1C(=O)O. The number of aliphatic hydroxyl groups is 1. The van der Waals surface area contributed by atoms with Crippen molar-refractivity contribution < 1.29 is 24.6 Å². The minimum absolute atomic E-state index is 0.0149. The molecule has 0 bridgehead atoms. The lowest BCUT2D eigenvalue weighted by molar-refractivity contribution is -0.141. The summed E-state index contributed by atoms with van der Waals surface area (Å²) in [6, 6.07) is -1.57. The van der Waals surface area contributed by atoms with Crippen LogP contribution in [0.2, 0.25) is 0 Å². The number of β-amino-alcohol motifs (C(OH)–C–C–N with tert-alkyl or cyclic N) is 1. The van der Waals surface area contributed by atoms with Gasteiger partial charge in [-0.25, -0.2) is 9.59 Å². The van der Waals surface area contributed by atoms with Crippen molar-refractivity contribution in [2.24, 2.45) is 0 Å². The number of amides is 3. The minimum Gasteiger partial charge on any atom is -0.480 e. The van der Waals surface area contributed by atoms with Crippen LogP contribution in [0.3, 0.4) is 0 Å². The monoisotopic (exact) mass is 287 g/mol. The van der Waals surface area contributed by atoms with Gasteiger partial charge in [-0.2, -0.15) is 0 Å². The van der Waals surface area contributed by atoms with Crippen molar-refractivity contribution in [1.82, 2.24) is 15.1 Å². The van der Waals surface area contributed by atoms with Gasteiger partial charge < -0.3 is 25.3 Å². The maximum atomic E-state index is 12.3. The molecule has 3 N–H and O–H groups in total. The van der Waals surface area contributed by atoms with Crippen LogP contribution in [0.15, 0.2) is 0 Å². The normalized spacial score (nSPS) is 21.6. The number of nitrogens with zero attached hydrogens (tertiary/aromatic N) is 2. The van der Waals surface area contributed by atoms with Crippen LogP contribution in [0.4, 0.5) is 4.79 Å². The summed E-state index contributed by atoms with van der Waals surface area (Å²) in [6.45, 7) is 2.06. The number of likely N-dealkylation sites (N-methyl/N-ethyl adjacent to an activating group) is 1. The van der Waals surface area contributed by atoms with Gasteiger partial charge >= 0.3 is 12.0 Å². The third-order valence-electron chi connectivity index (χ3n) is 3.19. The molecular formula is C12H21N3O5. The minimum atomic E-state index is -1.15. The molecule has 8 heteroatoms. The molecule has 1 fully saturated rings. The third kappa shape index (κ3) is 3.83. The Labute approximate surface area is 117 Å². The van der Waals surface area contributed by atoms with Crippen LogP contribution >= 0.6 is 0 Å². The lowest BCUT2D eigenvalue weighted by atomic mass is 10.2. The molecule has 0 aromatic heterocycles. The average molecular weight is 287 g/mol. The molecule has 114 valence electrons. The van der Waals surface area contributed by atoms with Crippen molar-refractivity contribution >= 4 is 17.9 Å². The molecule has 0 spiro atoms. The van der Waals surface area contributed by atoms with Crippen LogP contribution in [0.25, 0.3) is 0 Å². The fourth-order valence-electron chi connectivity index (χ4n) is 2.21. The van der Waals surface area contributed by atoms with Crippen LogP contribution in [-0.2, 0) is 9.59 Å². The molecule has 0 saturated carbocycles. The van der Waals surface area contributed by atoms with Gasteiger partial charge in [0.05, 0.1) is 6.10 Å². The van der Waals surface area contributed by atoms with Gasteiger partial charge in [-0.1, -0.05) is 6.92 Å². The highest BCUT2D eigenvalue weighted by Crippen LogP contribution is 2.20. The van der Waals surface area contributed by atoms with Gasteiger partial charge in [-0.15, -0.1) is 0 Å². The number of carbonyl (C=O) groups excluding carboxylic acids is 2. The molecule has 0 aromatic carbocycles. The van der Waals surface area contributed by atoms with Crippen LogP contribution < -0.4 is 5.32 Å². The summed E-state index contributed by atoms with van der Waals surface area (Å²) in [4.78, 5) is 37.3. The molecule has 0 radical (unpaired) electrons. The number of likely N-dealkylation sites (tertiary alicyclic amines) is 1. The zero-order chi connectivity index (χ0) is 15.3. The quantitative estimate of drug-likeness (QED) is 0.606. The van der Waals surface area contributed by atoms with Gasteiger partial charge in [-0.3, -0.25) is 4.79 Å². The molecule has 0 aliphatic carbocycles. The smallest absolute Gasteiger partial charge is 0.326 e. The Kier molecular flexibility index (Phi) is 5.75. The van der Waals surface area contributed by atoms with E-state index < -0.39 is 24.1 Å². The first-order chi connectivity index (χ1) is 9.40. The van der Waals surface area contributed by atoms with Gasteiger partial charge in [0, 0.05) is 26.6 Å². The van der Waals surface area contributed by atoms with Gasteiger partial charge in [0.25, 0.3) is 0 Å².